The molecule has 1 aromatic heterocycles. The van der Waals surface area contributed by atoms with E-state index in [0.29, 0.717) is 29.3 Å². The fourth-order valence-electron chi connectivity index (χ4n) is 1.70. The molecular formula is C15H16BrFN2O2. The van der Waals surface area contributed by atoms with Crippen molar-refractivity contribution in [1.29, 1.82) is 0 Å². The quantitative estimate of drug-likeness (QED) is 0.772. The predicted molar refractivity (Wildman–Crippen MR) is 82.0 cm³/mol. The van der Waals surface area contributed by atoms with Crippen molar-refractivity contribution in [2.45, 2.75) is 6.54 Å². The number of ether oxygens (including phenoxy) is 2. The summed E-state index contributed by atoms with van der Waals surface area (Å²) in [6.07, 6.45) is 1.64. The standard InChI is InChI=1S/C15H16BrFN2O2/c1-20-8-7-18-10-11-3-2-6-19-15(11)21-12-4-5-13(16)14(17)9-12/h2-6,9,18H,7-8,10H2,1H3. The molecule has 4 nitrogen and oxygen atoms in total. The van der Waals surface area contributed by atoms with E-state index in [1.165, 1.54) is 6.07 Å². The molecule has 0 aliphatic carbocycles. The van der Waals surface area contributed by atoms with Gasteiger partial charge in [0.05, 0.1) is 11.1 Å². The first kappa shape index (κ1) is 15.9. The summed E-state index contributed by atoms with van der Waals surface area (Å²) in [4.78, 5) is 4.20. The number of aromatic nitrogens is 1. The van der Waals surface area contributed by atoms with Crippen molar-refractivity contribution in [2.75, 3.05) is 20.3 Å². The zero-order valence-corrected chi connectivity index (χ0v) is 13.2. The topological polar surface area (TPSA) is 43.4 Å². The molecule has 2 rings (SSSR count). The van der Waals surface area contributed by atoms with Crippen LogP contribution in [0.2, 0.25) is 0 Å². The number of nitrogens with one attached hydrogen (secondary N) is 1. The Morgan fingerprint density at radius 1 is 1.33 bits per heavy atom. The van der Waals surface area contributed by atoms with E-state index >= 15 is 0 Å². The zero-order chi connectivity index (χ0) is 15.1. The lowest BCUT2D eigenvalue weighted by molar-refractivity contribution is 0.199. The van der Waals surface area contributed by atoms with Gasteiger partial charge in [0.25, 0.3) is 0 Å². The Hall–Kier alpha value is -1.50. The van der Waals surface area contributed by atoms with E-state index in [2.05, 4.69) is 26.2 Å². The summed E-state index contributed by atoms with van der Waals surface area (Å²) in [5.41, 5.74) is 0.900. The first-order valence-corrected chi connectivity index (χ1v) is 7.26. The summed E-state index contributed by atoms with van der Waals surface area (Å²) >= 11 is 3.11. The molecule has 0 bridgehead atoms. The lowest BCUT2D eigenvalue weighted by Crippen LogP contribution is -2.19. The van der Waals surface area contributed by atoms with E-state index in [1.54, 1.807) is 25.4 Å². The molecule has 1 aromatic carbocycles. The molecule has 0 radical (unpaired) electrons. The minimum Gasteiger partial charge on any atom is -0.439 e. The van der Waals surface area contributed by atoms with Crippen LogP contribution in [-0.2, 0) is 11.3 Å². The highest BCUT2D eigenvalue weighted by atomic mass is 79.9. The molecule has 0 fully saturated rings. The van der Waals surface area contributed by atoms with Gasteiger partial charge in [0.2, 0.25) is 5.88 Å². The molecule has 0 spiro atoms. The van der Waals surface area contributed by atoms with Gasteiger partial charge in [0.1, 0.15) is 11.6 Å². The number of pyridine rings is 1. The van der Waals surface area contributed by atoms with Gasteiger partial charge in [-0.15, -0.1) is 0 Å². The molecule has 0 atom stereocenters. The average Bonchev–Trinajstić information content (AvgIpc) is 2.49. The maximum absolute atomic E-state index is 13.5. The Morgan fingerprint density at radius 2 is 2.19 bits per heavy atom. The Labute approximate surface area is 131 Å². The molecule has 0 aliphatic rings. The highest BCUT2D eigenvalue weighted by Crippen LogP contribution is 2.26. The van der Waals surface area contributed by atoms with Crippen LogP contribution in [0.4, 0.5) is 4.39 Å². The van der Waals surface area contributed by atoms with Crippen molar-refractivity contribution in [2.24, 2.45) is 0 Å². The van der Waals surface area contributed by atoms with E-state index in [0.717, 1.165) is 12.1 Å². The molecule has 0 aliphatic heterocycles. The summed E-state index contributed by atoms with van der Waals surface area (Å²) in [5.74, 6) is 0.500. The van der Waals surface area contributed by atoms with Gasteiger partial charge >= 0.3 is 0 Å². The summed E-state index contributed by atoms with van der Waals surface area (Å²) < 4.78 is 24.5. The van der Waals surface area contributed by atoms with Crippen molar-refractivity contribution >= 4 is 15.9 Å². The fourth-order valence-corrected chi connectivity index (χ4v) is 1.95. The molecule has 1 N–H and O–H groups in total. The lowest BCUT2D eigenvalue weighted by Gasteiger charge is -2.11. The van der Waals surface area contributed by atoms with Gasteiger partial charge in [0.15, 0.2) is 0 Å². The number of rotatable bonds is 7. The third-order valence-electron chi connectivity index (χ3n) is 2.75. The second-order valence-electron chi connectivity index (χ2n) is 4.32. The first-order chi connectivity index (χ1) is 10.2. The smallest absolute Gasteiger partial charge is 0.223 e. The number of nitrogens with zero attached hydrogens (tertiary/aromatic N) is 1. The Balaban J connectivity index is 2.06. The van der Waals surface area contributed by atoms with E-state index in [-0.39, 0.29) is 5.82 Å². The van der Waals surface area contributed by atoms with Crippen molar-refractivity contribution in [3.63, 3.8) is 0 Å². The van der Waals surface area contributed by atoms with Crippen LogP contribution in [0.1, 0.15) is 5.56 Å². The first-order valence-electron chi connectivity index (χ1n) is 6.47. The fraction of sp³-hybridized carbons (Fsp3) is 0.267. The number of methoxy groups -OCH3 is 1. The van der Waals surface area contributed by atoms with Gasteiger partial charge in [-0.2, -0.15) is 0 Å². The zero-order valence-electron chi connectivity index (χ0n) is 11.6. The third kappa shape index (κ3) is 4.77. The van der Waals surface area contributed by atoms with Gasteiger partial charge in [-0.1, -0.05) is 6.07 Å². The Morgan fingerprint density at radius 3 is 2.95 bits per heavy atom. The van der Waals surface area contributed by atoms with Crippen LogP contribution < -0.4 is 10.1 Å². The normalized spacial score (nSPS) is 10.6. The molecule has 112 valence electrons. The molecule has 1 heterocycles. The summed E-state index contributed by atoms with van der Waals surface area (Å²) in [6.45, 7) is 1.97. The van der Waals surface area contributed by atoms with Crippen LogP contribution in [0.5, 0.6) is 11.6 Å². The molecule has 2 aromatic rings. The molecule has 0 amide bonds. The van der Waals surface area contributed by atoms with E-state index in [4.69, 9.17) is 9.47 Å². The maximum Gasteiger partial charge on any atom is 0.223 e. The average molecular weight is 355 g/mol. The van der Waals surface area contributed by atoms with Gasteiger partial charge in [0, 0.05) is 38.0 Å². The SMILES string of the molecule is COCCNCc1cccnc1Oc1ccc(Br)c(F)c1. The molecule has 0 saturated carbocycles. The Bertz CT molecular complexity index is 596. The number of benzene rings is 1. The summed E-state index contributed by atoms with van der Waals surface area (Å²) in [7, 11) is 1.66. The largest absolute Gasteiger partial charge is 0.439 e. The molecule has 6 heteroatoms. The van der Waals surface area contributed by atoms with E-state index < -0.39 is 0 Å². The van der Waals surface area contributed by atoms with Crippen molar-refractivity contribution in [1.82, 2.24) is 10.3 Å². The second kappa shape index (κ2) is 8.07. The van der Waals surface area contributed by atoms with Crippen LogP contribution in [0.15, 0.2) is 41.0 Å². The Kier molecular flexibility index (Phi) is 6.10. The molecular weight excluding hydrogens is 339 g/mol. The minimum atomic E-state index is -0.372. The molecule has 21 heavy (non-hydrogen) atoms. The van der Waals surface area contributed by atoms with Gasteiger partial charge in [-0.3, -0.25) is 0 Å². The summed E-state index contributed by atoms with van der Waals surface area (Å²) in [5, 5.41) is 3.22. The number of hydrogen-bond acceptors (Lipinski definition) is 4. The number of hydrogen-bond donors (Lipinski definition) is 1. The van der Waals surface area contributed by atoms with Gasteiger partial charge < -0.3 is 14.8 Å². The van der Waals surface area contributed by atoms with Crippen LogP contribution in [0.25, 0.3) is 0 Å². The second-order valence-corrected chi connectivity index (χ2v) is 5.17. The van der Waals surface area contributed by atoms with Gasteiger partial charge in [-0.25, -0.2) is 9.37 Å². The number of halogens is 2. The van der Waals surface area contributed by atoms with Crippen LogP contribution in [0.3, 0.4) is 0 Å². The van der Waals surface area contributed by atoms with Crippen LogP contribution >= 0.6 is 15.9 Å². The van der Waals surface area contributed by atoms with Gasteiger partial charge in [-0.05, 0) is 34.1 Å². The van der Waals surface area contributed by atoms with Crippen LogP contribution in [0, 0.1) is 5.82 Å². The minimum absolute atomic E-state index is 0.372. The summed E-state index contributed by atoms with van der Waals surface area (Å²) in [6, 6.07) is 8.36. The van der Waals surface area contributed by atoms with E-state index in [9.17, 15) is 4.39 Å². The van der Waals surface area contributed by atoms with Crippen LogP contribution in [-0.4, -0.2) is 25.2 Å². The van der Waals surface area contributed by atoms with Crippen molar-refractivity contribution in [3.05, 3.63) is 52.4 Å². The predicted octanol–water partition coefficient (Wildman–Crippen LogP) is 3.51. The van der Waals surface area contributed by atoms with Crippen molar-refractivity contribution < 1.29 is 13.9 Å². The third-order valence-corrected chi connectivity index (χ3v) is 3.40. The van der Waals surface area contributed by atoms with E-state index in [1.807, 2.05) is 12.1 Å². The highest BCUT2D eigenvalue weighted by Gasteiger charge is 2.08. The maximum atomic E-state index is 13.5. The monoisotopic (exact) mass is 354 g/mol. The molecule has 0 saturated heterocycles. The highest BCUT2D eigenvalue weighted by molar-refractivity contribution is 9.10. The van der Waals surface area contributed by atoms with Crippen molar-refractivity contribution in [3.8, 4) is 11.6 Å². The lowest BCUT2D eigenvalue weighted by atomic mass is 10.2. The molecule has 0 unspecified atom stereocenters.